The third-order valence-electron chi connectivity index (χ3n) is 5.90. The maximum Gasteiger partial charge on any atom is 0.331 e. The Morgan fingerprint density at radius 3 is 2.65 bits per heavy atom. The number of hydrogen-bond acceptors (Lipinski definition) is 5. The van der Waals surface area contributed by atoms with Crippen LogP contribution >= 0.6 is 0 Å². The van der Waals surface area contributed by atoms with E-state index >= 15 is 0 Å². The summed E-state index contributed by atoms with van der Waals surface area (Å²) in [6.07, 6.45) is 7.07. The maximum atomic E-state index is 13.2. The first-order valence-electron chi connectivity index (χ1n) is 10.7. The van der Waals surface area contributed by atoms with Gasteiger partial charge in [-0.1, -0.05) is 25.3 Å². The van der Waals surface area contributed by atoms with Crippen LogP contribution in [0.15, 0.2) is 41.3 Å². The van der Waals surface area contributed by atoms with Crippen LogP contribution in [0.1, 0.15) is 43.7 Å². The Morgan fingerprint density at radius 1 is 1.13 bits per heavy atom. The number of aromatic nitrogens is 3. The monoisotopic (exact) mass is 424 g/mol. The lowest BCUT2D eigenvalue weighted by Gasteiger charge is -2.22. The predicted molar refractivity (Wildman–Crippen MR) is 118 cm³/mol. The lowest BCUT2D eigenvalue weighted by Crippen LogP contribution is -2.34. The van der Waals surface area contributed by atoms with E-state index in [0.717, 1.165) is 31.2 Å². The SMILES string of the molecule is COc1ccc(CNC(=O)Cn2c(=O)n(C3CCCCC3)c3ncccc32)cc1OC. The van der Waals surface area contributed by atoms with Crippen molar-refractivity contribution in [3.8, 4) is 11.5 Å². The van der Waals surface area contributed by atoms with Crippen LogP contribution in [0.25, 0.3) is 11.2 Å². The number of rotatable bonds is 7. The van der Waals surface area contributed by atoms with E-state index in [0.29, 0.717) is 29.2 Å². The quantitative estimate of drug-likeness (QED) is 0.630. The molecule has 8 heteroatoms. The van der Waals surface area contributed by atoms with E-state index in [9.17, 15) is 9.59 Å². The topological polar surface area (TPSA) is 87.4 Å². The molecule has 0 radical (unpaired) electrons. The smallest absolute Gasteiger partial charge is 0.331 e. The third kappa shape index (κ3) is 4.28. The van der Waals surface area contributed by atoms with Crippen LogP contribution in [-0.4, -0.2) is 34.2 Å². The van der Waals surface area contributed by atoms with E-state index in [4.69, 9.17) is 9.47 Å². The Hall–Kier alpha value is -3.29. The number of carbonyl (C=O) groups excluding carboxylic acids is 1. The molecule has 3 aromatic rings. The molecule has 164 valence electrons. The molecule has 0 spiro atoms. The molecule has 1 aliphatic carbocycles. The van der Waals surface area contributed by atoms with Gasteiger partial charge in [0.25, 0.3) is 0 Å². The van der Waals surface area contributed by atoms with Gasteiger partial charge in [-0.2, -0.15) is 0 Å². The summed E-state index contributed by atoms with van der Waals surface area (Å²) in [7, 11) is 3.15. The average Bonchev–Trinajstić information content (AvgIpc) is 3.09. The highest BCUT2D eigenvalue weighted by Crippen LogP contribution is 2.29. The minimum atomic E-state index is -0.233. The standard InChI is InChI=1S/C23H28N4O4/c1-30-19-11-10-16(13-20(19)31-2)14-25-21(28)15-26-18-9-6-12-24-22(18)27(23(26)29)17-7-4-3-5-8-17/h6,9-13,17H,3-5,7-8,14-15H2,1-2H3,(H,25,28). The number of imidazole rings is 1. The van der Waals surface area contributed by atoms with Gasteiger partial charge in [-0.25, -0.2) is 9.78 Å². The minimum Gasteiger partial charge on any atom is -0.493 e. The summed E-state index contributed by atoms with van der Waals surface area (Å²) in [5.41, 5.74) is 2.07. The Morgan fingerprint density at radius 2 is 1.90 bits per heavy atom. The molecule has 1 aromatic carbocycles. The fraction of sp³-hybridized carbons (Fsp3) is 0.435. The summed E-state index contributed by atoms with van der Waals surface area (Å²) in [4.78, 5) is 30.4. The number of pyridine rings is 1. The van der Waals surface area contributed by atoms with E-state index < -0.39 is 0 Å². The van der Waals surface area contributed by atoms with Gasteiger partial charge in [0.1, 0.15) is 6.54 Å². The molecule has 0 aliphatic heterocycles. The zero-order valence-electron chi connectivity index (χ0n) is 18.0. The van der Waals surface area contributed by atoms with E-state index in [-0.39, 0.29) is 24.2 Å². The van der Waals surface area contributed by atoms with Gasteiger partial charge in [-0.05, 0) is 42.7 Å². The minimum absolute atomic E-state index is 0.0476. The van der Waals surface area contributed by atoms with Gasteiger partial charge in [0.15, 0.2) is 17.1 Å². The molecule has 0 unspecified atom stereocenters. The van der Waals surface area contributed by atoms with Crippen LogP contribution in [0.5, 0.6) is 11.5 Å². The van der Waals surface area contributed by atoms with Crippen molar-refractivity contribution >= 4 is 17.1 Å². The number of nitrogens with zero attached hydrogens (tertiary/aromatic N) is 3. The molecule has 1 saturated carbocycles. The second-order valence-corrected chi connectivity index (χ2v) is 7.84. The molecule has 1 aliphatic rings. The van der Waals surface area contributed by atoms with Crippen molar-refractivity contribution in [3.63, 3.8) is 0 Å². The summed E-state index contributed by atoms with van der Waals surface area (Å²) in [5.74, 6) is 1.00. The summed E-state index contributed by atoms with van der Waals surface area (Å²) >= 11 is 0. The van der Waals surface area contributed by atoms with Crippen LogP contribution < -0.4 is 20.5 Å². The first kappa shape index (κ1) is 21.0. The van der Waals surface area contributed by atoms with Gasteiger partial charge in [0.05, 0.1) is 19.7 Å². The van der Waals surface area contributed by atoms with E-state index in [1.165, 1.54) is 11.0 Å². The van der Waals surface area contributed by atoms with Crippen LogP contribution in [0.3, 0.4) is 0 Å². The fourth-order valence-corrected chi connectivity index (χ4v) is 4.32. The number of nitrogens with one attached hydrogen (secondary N) is 1. The predicted octanol–water partition coefficient (Wildman–Crippen LogP) is 3.04. The van der Waals surface area contributed by atoms with Crippen molar-refractivity contribution < 1.29 is 14.3 Å². The van der Waals surface area contributed by atoms with Gasteiger partial charge in [-0.15, -0.1) is 0 Å². The van der Waals surface area contributed by atoms with Crippen LogP contribution in [-0.2, 0) is 17.9 Å². The largest absolute Gasteiger partial charge is 0.493 e. The first-order valence-corrected chi connectivity index (χ1v) is 10.7. The molecule has 1 fully saturated rings. The van der Waals surface area contributed by atoms with Crippen molar-refractivity contribution in [1.82, 2.24) is 19.4 Å². The molecule has 31 heavy (non-hydrogen) atoms. The molecule has 0 bridgehead atoms. The van der Waals surface area contributed by atoms with E-state index in [1.54, 1.807) is 37.1 Å². The molecular weight excluding hydrogens is 396 g/mol. The highest BCUT2D eigenvalue weighted by atomic mass is 16.5. The van der Waals surface area contributed by atoms with Gasteiger partial charge in [0.2, 0.25) is 5.91 Å². The fourth-order valence-electron chi connectivity index (χ4n) is 4.32. The molecule has 1 amide bonds. The molecule has 4 rings (SSSR count). The third-order valence-corrected chi connectivity index (χ3v) is 5.90. The number of fused-ring (bicyclic) bond motifs is 1. The summed E-state index contributed by atoms with van der Waals surface area (Å²) in [6.45, 7) is 0.279. The van der Waals surface area contributed by atoms with Crippen molar-refractivity contribution in [1.29, 1.82) is 0 Å². The lowest BCUT2D eigenvalue weighted by molar-refractivity contribution is -0.121. The zero-order valence-corrected chi connectivity index (χ0v) is 18.0. The number of ether oxygens (including phenoxy) is 2. The molecule has 1 N–H and O–H groups in total. The van der Waals surface area contributed by atoms with Gasteiger partial charge in [-0.3, -0.25) is 13.9 Å². The molecule has 2 heterocycles. The number of methoxy groups -OCH3 is 2. The second-order valence-electron chi connectivity index (χ2n) is 7.84. The molecule has 2 aromatic heterocycles. The second kappa shape index (κ2) is 9.24. The normalized spacial score (nSPS) is 14.5. The molecule has 0 atom stereocenters. The zero-order chi connectivity index (χ0) is 21.8. The molecule has 0 saturated heterocycles. The highest BCUT2D eigenvalue weighted by Gasteiger charge is 2.23. The van der Waals surface area contributed by atoms with E-state index in [1.807, 2.05) is 18.2 Å². The Labute approximate surface area is 180 Å². The van der Waals surface area contributed by atoms with Crippen LogP contribution in [0, 0.1) is 0 Å². The van der Waals surface area contributed by atoms with E-state index in [2.05, 4.69) is 10.3 Å². The van der Waals surface area contributed by atoms with Crippen molar-refractivity contribution in [2.75, 3.05) is 14.2 Å². The molecule has 8 nitrogen and oxygen atoms in total. The Balaban J connectivity index is 1.53. The summed E-state index contributed by atoms with van der Waals surface area (Å²) in [5, 5.41) is 2.89. The van der Waals surface area contributed by atoms with Gasteiger partial charge >= 0.3 is 5.69 Å². The van der Waals surface area contributed by atoms with Crippen molar-refractivity contribution in [2.24, 2.45) is 0 Å². The maximum absolute atomic E-state index is 13.2. The lowest BCUT2D eigenvalue weighted by atomic mass is 9.95. The Bertz CT molecular complexity index is 1130. The average molecular weight is 425 g/mol. The number of hydrogen-bond donors (Lipinski definition) is 1. The highest BCUT2D eigenvalue weighted by molar-refractivity contribution is 5.79. The number of amides is 1. The summed E-state index contributed by atoms with van der Waals surface area (Å²) < 4.78 is 13.9. The van der Waals surface area contributed by atoms with Gasteiger partial charge < -0.3 is 14.8 Å². The number of carbonyl (C=O) groups is 1. The number of benzene rings is 1. The van der Waals surface area contributed by atoms with Crippen molar-refractivity contribution in [3.05, 3.63) is 52.6 Å². The first-order chi connectivity index (χ1) is 15.1. The molecular formula is C23H28N4O4. The van der Waals surface area contributed by atoms with Crippen LogP contribution in [0.2, 0.25) is 0 Å². The van der Waals surface area contributed by atoms with Crippen LogP contribution in [0.4, 0.5) is 0 Å². The summed E-state index contributed by atoms with van der Waals surface area (Å²) in [6, 6.07) is 9.29. The Kier molecular flexibility index (Phi) is 6.25. The van der Waals surface area contributed by atoms with Gasteiger partial charge in [0, 0.05) is 18.8 Å². The van der Waals surface area contributed by atoms with Crippen molar-refractivity contribution in [2.45, 2.75) is 51.2 Å².